The number of thiol groups is 1. The van der Waals surface area contributed by atoms with Crippen molar-refractivity contribution in [2.45, 2.75) is 25.2 Å². The van der Waals surface area contributed by atoms with Gasteiger partial charge in [-0.25, -0.2) is 0 Å². The van der Waals surface area contributed by atoms with Gasteiger partial charge < -0.3 is 15.3 Å². The highest BCUT2D eigenvalue weighted by molar-refractivity contribution is 7.80. The first-order valence-corrected chi connectivity index (χ1v) is 3.38. The molecule has 0 spiro atoms. The van der Waals surface area contributed by atoms with Crippen molar-refractivity contribution in [2.24, 2.45) is 0 Å². The van der Waals surface area contributed by atoms with E-state index in [2.05, 4.69) is 12.6 Å². The smallest absolute Gasteiger partial charge is 0.106 e. The lowest BCUT2D eigenvalue weighted by atomic mass is 10.1. The molecule has 0 saturated heterocycles. The highest BCUT2D eigenvalue weighted by atomic mass is 32.1. The van der Waals surface area contributed by atoms with Gasteiger partial charge in [0.25, 0.3) is 0 Å². The Morgan fingerprint density at radius 1 is 1.33 bits per heavy atom. The van der Waals surface area contributed by atoms with Gasteiger partial charge in [-0.15, -0.1) is 0 Å². The minimum atomic E-state index is -1.08. The topological polar surface area (TPSA) is 60.7 Å². The Bertz CT molecular complexity index is 76.6. The second kappa shape index (κ2) is 4.11. The maximum atomic E-state index is 8.85. The van der Waals surface area contributed by atoms with Gasteiger partial charge in [0.15, 0.2) is 0 Å². The molecule has 3 nitrogen and oxygen atoms in total. The summed E-state index contributed by atoms with van der Waals surface area (Å²) in [4.78, 5) is 0. The molecule has 3 N–H and O–H groups in total. The quantitative estimate of drug-likeness (QED) is 0.393. The monoisotopic (exact) mass is 152 g/mol. The van der Waals surface area contributed by atoms with Crippen molar-refractivity contribution in [1.29, 1.82) is 0 Å². The maximum Gasteiger partial charge on any atom is 0.106 e. The molecule has 0 unspecified atom stereocenters. The summed E-state index contributed by atoms with van der Waals surface area (Å²) in [6, 6.07) is 0. The molecule has 0 saturated carbocycles. The van der Waals surface area contributed by atoms with Gasteiger partial charge in [-0.05, 0) is 6.92 Å². The lowest BCUT2D eigenvalue weighted by Crippen LogP contribution is -2.36. The van der Waals surface area contributed by atoms with Crippen molar-refractivity contribution in [3.63, 3.8) is 0 Å². The Morgan fingerprint density at radius 2 is 1.78 bits per heavy atom. The predicted molar refractivity (Wildman–Crippen MR) is 37.5 cm³/mol. The van der Waals surface area contributed by atoms with Crippen LogP contribution >= 0.6 is 12.6 Å². The summed E-state index contributed by atoms with van der Waals surface area (Å²) >= 11 is 3.73. The molecule has 9 heavy (non-hydrogen) atoms. The van der Waals surface area contributed by atoms with Crippen molar-refractivity contribution < 1.29 is 15.3 Å². The van der Waals surface area contributed by atoms with Gasteiger partial charge in [0.2, 0.25) is 0 Å². The zero-order valence-electron chi connectivity index (χ0n) is 5.23. The molecule has 0 amide bonds. The van der Waals surface area contributed by atoms with Crippen LogP contribution < -0.4 is 0 Å². The molecule has 3 atom stereocenters. The first kappa shape index (κ1) is 9.23. The summed E-state index contributed by atoms with van der Waals surface area (Å²) in [5, 5.41) is 26.3. The van der Waals surface area contributed by atoms with Gasteiger partial charge in [0.1, 0.15) is 6.10 Å². The molecular weight excluding hydrogens is 140 g/mol. The first-order chi connectivity index (χ1) is 4.09. The lowest BCUT2D eigenvalue weighted by Gasteiger charge is -2.17. The van der Waals surface area contributed by atoms with Crippen LogP contribution in [0.5, 0.6) is 0 Å². The van der Waals surface area contributed by atoms with E-state index in [9.17, 15) is 0 Å². The molecule has 4 heteroatoms. The summed E-state index contributed by atoms with van der Waals surface area (Å²) < 4.78 is 0. The first-order valence-electron chi connectivity index (χ1n) is 2.74. The molecule has 0 aliphatic heterocycles. The van der Waals surface area contributed by atoms with Crippen LogP contribution in [0.25, 0.3) is 0 Å². The summed E-state index contributed by atoms with van der Waals surface area (Å²) in [7, 11) is 0. The standard InChI is InChI=1S/C5H12O3S/c1-3(6)5(8)4(7)2-9/h3-9H,2H2,1H3/t3-,4-,5-/m1/s1. The molecule has 0 aliphatic rings. The number of rotatable bonds is 3. The van der Waals surface area contributed by atoms with E-state index >= 15 is 0 Å². The zero-order valence-corrected chi connectivity index (χ0v) is 6.12. The Kier molecular flexibility index (Phi) is 4.22. The van der Waals surface area contributed by atoms with Gasteiger partial charge in [0.05, 0.1) is 12.2 Å². The summed E-state index contributed by atoms with van der Waals surface area (Å²) in [5.74, 6) is 0.159. The van der Waals surface area contributed by atoms with Gasteiger partial charge in [-0.3, -0.25) is 0 Å². The third kappa shape index (κ3) is 3.05. The molecule has 0 aromatic heterocycles. The fraction of sp³-hybridized carbons (Fsp3) is 1.00. The van der Waals surface area contributed by atoms with E-state index in [1.807, 2.05) is 0 Å². The Balaban J connectivity index is 3.58. The van der Waals surface area contributed by atoms with Crippen molar-refractivity contribution >= 4 is 12.6 Å². The average molecular weight is 152 g/mol. The molecule has 0 aromatic carbocycles. The van der Waals surface area contributed by atoms with Crippen molar-refractivity contribution in [3.05, 3.63) is 0 Å². The van der Waals surface area contributed by atoms with E-state index in [-0.39, 0.29) is 5.75 Å². The van der Waals surface area contributed by atoms with Gasteiger partial charge in [-0.1, -0.05) is 0 Å². The van der Waals surface area contributed by atoms with Crippen molar-refractivity contribution in [2.75, 3.05) is 5.75 Å². The Labute approximate surface area is 59.7 Å². The van der Waals surface area contributed by atoms with Crippen LogP contribution in [0, 0.1) is 0 Å². The molecule has 0 aliphatic carbocycles. The summed E-state index contributed by atoms with van der Waals surface area (Å²) in [5.41, 5.74) is 0. The van der Waals surface area contributed by atoms with Crippen LogP contribution in [0.1, 0.15) is 6.92 Å². The summed E-state index contributed by atoms with van der Waals surface area (Å²) in [6.07, 6.45) is -2.91. The third-order valence-electron chi connectivity index (χ3n) is 1.08. The molecule has 0 rings (SSSR count). The van der Waals surface area contributed by atoms with Crippen LogP contribution in [0.2, 0.25) is 0 Å². The normalized spacial score (nSPS) is 21.0. The molecular formula is C5H12O3S. The van der Waals surface area contributed by atoms with Crippen LogP contribution in [0.15, 0.2) is 0 Å². The minimum absolute atomic E-state index is 0.159. The van der Waals surface area contributed by atoms with E-state index in [0.29, 0.717) is 0 Å². The highest BCUT2D eigenvalue weighted by Gasteiger charge is 2.18. The van der Waals surface area contributed by atoms with E-state index < -0.39 is 18.3 Å². The van der Waals surface area contributed by atoms with Gasteiger partial charge in [-0.2, -0.15) is 12.6 Å². The maximum absolute atomic E-state index is 8.85. The number of aliphatic hydroxyl groups is 3. The summed E-state index contributed by atoms with van der Waals surface area (Å²) in [6.45, 7) is 1.41. The predicted octanol–water partition coefficient (Wildman–Crippen LogP) is -0.981. The van der Waals surface area contributed by atoms with Crippen LogP contribution in [-0.2, 0) is 0 Å². The Hall–Kier alpha value is 0.230. The molecule has 0 fully saturated rings. The Morgan fingerprint density at radius 3 is 1.89 bits per heavy atom. The van der Waals surface area contributed by atoms with Gasteiger partial charge >= 0.3 is 0 Å². The molecule has 0 radical (unpaired) electrons. The van der Waals surface area contributed by atoms with Crippen LogP contribution in [0.3, 0.4) is 0 Å². The third-order valence-corrected chi connectivity index (χ3v) is 1.45. The highest BCUT2D eigenvalue weighted by Crippen LogP contribution is 2.00. The molecule has 0 aromatic rings. The lowest BCUT2D eigenvalue weighted by molar-refractivity contribution is -0.0417. The zero-order chi connectivity index (χ0) is 7.44. The van der Waals surface area contributed by atoms with Crippen LogP contribution in [-0.4, -0.2) is 39.4 Å². The second-order valence-electron chi connectivity index (χ2n) is 1.98. The largest absolute Gasteiger partial charge is 0.391 e. The van der Waals surface area contributed by atoms with Crippen molar-refractivity contribution in [1.82, 2.24) is 0 Å². The van der Waals surface area contributed by atoms with E-state index in [1.165, 1.54) is 6.92 Å². The van der Waals surface area contributed by atoms with E-state index in [0.717, 1.165) is 0 Å². The fourth-order valence-corrected chi connectivity index (χ4v) is 0.645. The van der Waals surface area contributed by atoms with Crippen LogP contribution in [0.4, 0.5) is 0 Å². The van der Waals surface area contributed by atoms with E-state index in [1.54, 1.807) is 0 Å². The van der Waals surface area contributed by atoms with E-state index in [4.69, 9.17) is 15.3 Å². The fourth-order valence-electron chi connectivity index (χ4n) is 0.429. The second-order valence-corrected chi connectivity index (χ2v) is 2.35. The van der Waals surface area contributed by atoms with Gasteiger partial charge in [0, 0.05) is 5.75 Å². The molecule has 0 bridgehead atoms. The molecule has 56 valence electrons. The SMILES string of the molecule is C[C@@H](O)[C@@H](O)[C@H](O)CS. The average Bonchev–Trinajstić information content (AvgIpc) is 1.84. The van der Waals surface area contributed by atoms with Crippen molar-refractivity contribution in [3.8, 4) is 0 Å². The number of aliphatic hydroxyl groups excluding tert-OH is 3. The number of hydrogen-bond acceptors (Lipinski definition) is 4. The minimum Gasteiger partial charge on any atom is -0.391 e. The number of hydrogen-bond donors (Lipinski definition) is 4. The molecule has 0 heterocycles.